The molecule has 106 valence electrons. The second kappa shape index (κ2) is 8.10. The number of carbonyl (C=O) groups is 1. The van der Waals surface area contributed by atoms with Crippen LogP contribution in [0.1, 0.15) is 29.6 Å². The van der Waals surface area contributed by atoms with E-state index in [2.05, 4.69) is 26.6 Å². The lowest BCUT2D eigenvalue weighted by Crippen LogP contribution is -2.30. The molecule has 0 spiro atoms. The number of halogens is 3. The summed E-state index contributed by atoms with van der Waals surface area (Å²) in [5.74, 6) is -0.0506. The Morgan fingerprint density at radius 3 is 2.95 bits per heavy atom. The molecule has 19 heavy (non-hydrogen) atoms. The van der Waals surface area contributed by atoms with Gasteiger partial charge in [-0.25, -0.2) is 0 Å². The molecule has 1 amide bonds. The Morgan fingerprint density at radius 2 is 2.32 bits per heavy atom. The summed E-state index contributed by atoms with van der Waals surface area (Å²) < 4.78 is 0.745. The first-order chi connectivity index (χ1) is 8.66. The molecule has 2 N–H and O–H groups in total. The standard InChI is InChI=1S/C13H16BrClN2O.ClH/c14-11-8-9(3-4-12(11)15)13(18)17-7-5-10-2-1-6-16-10;/h3-4,8,10,16H,1-2,5-7H2,(H,17,18);1H/t10-;/m1./s1. The fourth-order valence-electron chi connectivity index (χ4n) is 2.10. The lowest BCUT2D eigenvalue weighted by molar-refractivity contribution is 0.0952. The van der Waals surface area contributed by atoms with Crippen molar-refractivity contribution in [3.8, 4) is 0 Å². The zero-order chi connectivity index (χ0) is 13.0. The van der Waals surface area contributed by atoms with Gasteiger partial charge in [0, 0.05) is 22.6 Å². The van der Waals surface area contributed by atoms with Crippen molar-refractivity contribution in [2.24, 2.45) is 0 Å². The molecule has 1 aliphatic rings. The molecule has 0 radical (unpaired) electrons. The number of rotatable bonds is 4. The second-order valence-corrected chi connectivity index (χ2v) is 5.73. The van der Waals surface area contributed by atoms with Crippen molar-refractivity contribution in [2.45, 2.75) is 25.3 Å². The summed E-state index contributed by atoms with van der Waals surface area (Å²) >= 11 is 9.20. The van der Waals surface area contributed by atoms with E-state index in [0.717, 1.165) is 17.4 Å². The normalized spacial score (nSPS) is 17.9. The Hall–Kier alpha value is -0.290. The molecule has 1 atom stereocenters. The summed E-state index contributed by atoms with van der Waals surface area (Å²) in [5.41, 5.74) is 0.630. The Labute approximate surface area is 133 Å². The van der Waals surface area contributed by atoms with Crippen molar-refractivity contribution in [1.82, 2.24) is 10.6 Å². The summed E-state index contributed by atoms with van der Waals surface area (Å²) in [7, 11) is 0. The van der Waals surface area contributed by atoms with Crippen LogP contribution in [0.15, 0.2) is 22.7 Å². The molecule has 1 aromatic rings. The molecular weight excluding hydrogens is 351 g/mol. The average Bonchev–Trinajstić information content (AvgIpc) is 2.85. The third-order valence-electron chi connectivity index (χ3n) is 3.12. The van der Waals surface area contributed by atoms with Gasteiger partial charge in [0.15, 0.2) is 0 Å². The third-order valence-corrected chi connectivity index (χ3v) is 4.34. The van der Waals surface area contributed by atoms with Crippen LogP contribution in [0.3, 0.4) is 0 Å². The van der Waals surface area contributed by atoms with Crippen LogP contribution in [0.2, 0.25) is 5.02 Å². The van der Waals surface area contributed by atoms with E-state index in [0.29, 0.717) is 23.2 Å². The van der Waals surface area contributed by atoms with Crippen LogP contribution in [-0.2, 0) is 0 Å². The molecule has 0 saturated carbocycles. The largest absolute Gasteiger partial charge is 0.352 e. The Balaban J connectivity index is 0.00000180. The summed E-state index contributed by atoms with van der Waals surface area (Å²) in [5, 5.41) is 6.95. The van der Waals surface area contributed by atoms with E-state index in [1.54, 1.807) is 18.2 Å². The van der Waals surface area contributed by atoms with Crippen molar-refractivity contribution in [3.05, 3.63) is 33.3 Å². The van der Waals surface area contributed by atoms with Crippen LogP contribution < -0.4 is 10.6 Å². The van der Waals surface area contributed by atoms with Crippen LogP contribution in [0.5, 0.6) is 0 Å². The molecule has 0 aliphatic carbocycles. The van der Waals surface area contributed by atoms with Crippen LogP contribution >= 0.6 is 39.9 Å². The van der Waals surface area contributed by atoms with E-state index in [1.807, 2.05) is 0 Å². The Morgan fingerprint density at radius 1 is 1.53 bits per heavy atom. The molecule has 0 bridgehead atoms. The fourth-order valence-corrected chi connectivity index (χ4v) is 2.60. The molecule has 0 aromatic heterocycles. The van der Waals surface area contributed by atoms with E-state index in [-0.39, 0.29) is 18.3 Å². The number of hydrogen-bond acceptors (Lipinski definition) is 2. The zero-order valence-corrected chi connectivity index (χ0v) is 13.6. The lowest BCUT2D eigenvalue weighted by atomic mass is 10.1. The molecule has 0 unspecified atom stereocenters. The Kier molecular flexibility index (Phi) is 7.15. The average molecular weight is 368 g/mol. The molecule has 1 heterocycles. The summed E-state index contributed by atoms with van der Waals surface area (Å²) in [6, 6.07) is 5.75. The predicted molar refractivity (Wildman–Crippen MR) is 84.4 cm³/mol. The molecule has 1 fully saturated rings. The van der Waals surface area contributed by atoms with Gasteiger partial charge in [-0.1, -0.05) is 11.6 Å². The number of nitrogens with one attached hydrogen (secondary N) is 2. The van der Waals surface area contributed by atoms with Crippen molar-refractivity contribution in [1.29, 1.82) is 0 Å². The molecule has 1 aliphatic heterocycles. The molecule has 2 rings (SSSR count). The van der Waals surface area contributed by atoms with E-state index >= 15 is 0 Å². The van der Waals surface area contributed by atoms with Gasteiger partial charge in [-0.3, -0.25) is 4.79 Å². The minimum Gasteiger partial charge on any atom is -0.352 e. The van der Waals surface area contributed by atoms with Gasteiger partial charge in [-0.05, 0) is 59.9 Å². The van der Waals surface area contributed by atoms with Crippen molar-refractivity contribution in [2.75, 3.05) is 13.1 Å². The van der Waals surface area contributed by atoms with Crippen LogP contribution in [0.4, 0.5) is 0 Å². The van der Waals surface area contributed by atoms with Crippen molar-refractivity contribution < 1.29 is 4.79 Å². The minimum atomic E-state index is -0.0506. The minimum absolute atomic E-state index is 0. The molecule has 6 heteroatoms. The van der Waals surface area contributed by atoms with Gasteiger partial charge in [0.1, 0.15) is 0 Å². The van der Waals surface area contributed by atoms with Crippen LogP contribution in [0.25, 0.3) is 0 Å². The van der Waals surface area contributed by atoms with Gasteiger partial charge in [0.05, 0.1) is 5.02 Å². The smallest absolute Gasteiger partial charge is 0.251 e. The SMILES string of the molecule is Cl.O=C(NCC[C@H]1CCCN1)c1ccc(Cl)c(Br)c1. The van der Waals surface area contributed by atoms with Crippen LogP contribution in [0, 0.1) is 0 Å². The van der Waals surface area contributed by atoms with Gasteiger partial charge < -0.3 is 10.6 Å². The number of amides is 1. The summed E-state index contributed by atoms with van der Waals surface area (Å²) in [6.45, 7) is 1.81. The molecule has 3 nitrogen and oxygen atoms in total. The highest BCUT2D eigenvalue weighted by molar-refractivity contribution is 9.10. The lowest BCUT2D eigenvalue weighted by Gasteiger charge is -2.11. The van der Waals surface area contributed by atoms with Crippen LogP contribution in [-0.4, -0.2) is 25.0 Å². The van der Waals surface area contributed by atoms with Crippen molar-refractivity contribution in [3.63, 3.8) is 0 Å². The number of carbonyl (C=O) groups excluding carboxylic acids is 1. The second-order valence-electron chi connectivity index (χ2n) is 4.47. The number of hydrogen-bond donors (Lipinski definition) is 2. The van der Waals surface area contributed by atoms with E-state index in [4.69, 9.17) is 11.6 Å². The van der Waals surface area contributed by atoms with Gasteiger partial charge in [0.25, 0.3) is 5.91 Å². The zero-order valence-electron chi connectivity index (χ0n) is 10.4. The highest BCUT2D eigenvalue weighted by atomic mass is 79.9. The highest BCUT2D eigenvalue weighted by Crippen LogP contribution is 2.23. The maximum atomic E-state index is 11.9. The number of benzene rings is 1. The Bertz CT molecular complexity index is 437. The van der Waals surface area contributed by atoms with E-state index in [9.17, 15) is 4.79 Å². The summed E-state index contributed by atoms with van der Waals surface area (Å²) in [4.78, 5) is 11.9. The van der Waals surface area contributed by atoms with E-state index in [1.165, 1.54) is 12.8 Å². The first-order valence-corrected chi connectivity index (χ1v) is 7.30. The fraction of sp³-hybridized carbons (Fsp3) is 0.462. The monoisotopic (exact) mass is 366 g/mol. The first kappa shape index (κ1) is 16.8. The third kappa shape index (κ3) is 4.95. The summed E-state index contributed by atoms with van der Waals surface area (Å²) in [6.07, 6.45) is 3.44. The first-order valence-electron chi connectivity index (χ1n) is 6.13. The van der Waals surface area contributed by atoms with Crippen molar-refractivity contribution >= 4 is 45.8 Å². The highest BCUT2D eigenvalue weighted by Gasteiger charge is 2.14. The van der Waals surface area contributed by atoms with Gasteiger partial charge >= 0.3 is 0 Å². The van der Waals surface area contributed by atoms with Gasteiger partial charge in [0.2, 0.25) is 0 Å². The quantitative estimate of drug-likeness (QED) is 0.856. The molecular formula is C13H17BrCl2N2O. The maximum Gasteiger partial charge on any atom is 0.251 e. The van der Waals surface area contributed by atoms with E-state index < -0.39 is 0 Å². The molecule has 1 aromatic carbocycles. The topological polar surface area (TPSA) is 41.1 Å². The molecule has 1 saturated heterocycles. The maximum absolute atomic E-state index is 11.9. The van der Waals surface area contributed by atoms with Gasteiger partial charge in [-0.2, -0.15) is 0 Å². The predicted octanol–water partition coefficient (Wildman–Crippen LogP) is 3.40. The van der Waals surface area contributed by atoms with Gasteiger partial charge in [-0.15, -0.1) is 12.4 Å².